The van der Waals surface area contributed by atoms with E-state index in [0.717, 1.165) is 0 Å². The molecular weight excluding hydrogens is 186 g/mol. The third kappa shape index (κ3) is 2.52. The molecule has 0 aliphatic rings. The van der Waals surface area contributed by atoms with E-state index in [0.29, 0.717) is 5.69 Å². The fraction of sp³-hybridized carbons (Fsp3) is 0.111. The number of nitrogens with zero attached hydrogens (tertiary/aromatic N) is 1. The second-order valence-electron chi connectivity index (χ2n) is 2.29. The molecule has 5 nitrogen and oxygen atoms in total. The van der Waals surface area contributed by atoms with E-state index in [9.17, 15) is 9.59 Å². The first-order valence-electron chi connectivity index (χ1n) is 3.71. The molecule has 14 heavy (non-hydrogen) atoms. The van der Waals surface area contributed by atoms with Crippen molar-refractivity contribution >= 4 is 17.7 Å². The molecule has 1 aromatic rings. The molecule has 0 saturated carbocycles. The lowest BCUT2D eigenvalue weighted by molar-refractivity contribution is -0.216. The second kappa shape index (κ2) is 4.91. The van der Waals surface area contributed by atoms with Crippen LogP contribution in [-0.4, -0.2) is 19.2 Å². The fourth-order valence-corrected chi connectivity index (χ4v) is 0.879. The van der Waals surface area contributed by atoms with Gasteiger partial charge in [0.15, 0.2) is 0 Å². The third-order valence-electron chi connectivity index (χ3n) is 1.42. The maximum absolute atomic E-state index is 11.1. The Bertz CT molecular complexity index is 382. The molecule has 1 rings (SSSR count). The van der Waals surface area contributed by atoms with Gasteiger partial charge >= 0.3 is 5.97 Å². The van der Waals surface area contributed by atoms with E-state index < -0.39 is 5.97 Å². The summed E-state index contributed by atoms with van der Waals surface area (Å²) < 4.78 is 0. The third-order valence-corrected chi connectivity index (χ3v) is 1.42. The van der Waals surface area contributed by atoms with Crippen LogP contribution in [-0.2, 0) is 14.6 Å². The van der Waals surface area contributed by atoms with Crippen molar-refractivity contribution in [1.82, 2.24) is 0 Å². The Kier molecular flexibility index (Phi) is 3.55. The van der Waals surface area contributed by atoms with E-state index >= 15 is 0 Å². The summed E-state index contributed by atoms with van der Waals surface area (Å²) in [5.41, 5.74) is 0.592. The second-order valence-corrected chi connectivity index (χ2v) is 2.29. The van der Waals surface area contributed by atoms with Gasteiger partial charge in [-0.25, -0.2) is 9.59 Å². The van der Waals surface area contributed by atoms with E-state index in [1.54, 1.807) is 12.1 Å². The first-order valence-corrected chi connectivity index (χ1v) is 3.71. The van der Waals surface area contributed by atoms with E-state index in [1.807, 2.05) is 0 Å². The molecule has 0 amide bonds. The quantitative estimate of drug-likeness (QED) is 0.315. The number of carbonyl (C=O) groups excluding carboxylic acids is 2. The zero-order valence-electron chi connectivity index (χ0n) is 7.39. The predicted molar refractivity (Wildman–Crippen MR) is 46.6 cm³/mol. The summed E-state index contributed by atoms with van der Waals surface area (Å²) >= 11 is 0. The van der Waals surface area contributed by atoms with Crippen LogP contribution in [0.4, 0.5) is 5.69 Å². The van der Waals surface area contributed by atoms with Crippen LogP contribution in [0.3, 0.4) is 0 Å². The van der Waals surface area contributed by atoms with Crippen molar-refractivity contribution in [1.29, 1.82) is 0 Å². The Labute approximate surface area is 79.9 Å². The highest BCUT2D eigenvalue weighted by atomic mass is 17.2. The molecule has 5 heteroatoms. The average molecular weight is 193 g/mol. The van der Waals surface area contributed by atoms with Gasteiger partial charge in [-0.05, 0) is 18.2 Å². The van der Waals surface area contributed by atoms with Gasteiger partial charge in [0.05, 0.1) is 18.4 Å². The highest BCUT2D eigenvalue weighted by Gasteiger charge is 2.07. The number of isocyanates is 1. The molecule has 0 unspecified atom stereocenters. The number of hydrogen-bond acceptors (Lipinski definition) is 5. The van der Waals surface area contributed by atoms with Gasteiger partial charge in [0.2, 0.25) is 6.08 Å². The standard InChI is InChI=1S/C9H7NO4/c1-13-14-9(12)7-3-2-4-8(5-7)10-6-11/h2-5H,1H3. The Morgan fingerprint density at radius 2 is 2.29 bits per heavy atom. The normalized spacial score (nSPS) is 8.93. The number of aliphatic imine (C=N–C) groups is 1. The number of carbonyl (C=O) groups is 1. The number of rotatable bonds is 3. The van der Waals surface area contributed by atoms with Gasteiger partial charge in [0.25, 0.3) is 0 Å². The lowest BCUT2D eigenvalue weighted by atomic mass is 10.2. The van der Waals surface area contributed by atoms with Crippen molar-refractivity contribution in [3.63, 3.8) is 0 Å². The Morgan fingerprint density at radius 3 is 2.93 bits per heavy atom. The van der Waals surface area contributed by atoms with Gasteiger partial charge in [-0.1, -0.05) is 6.07 Å². The lowest BCUT2D eigenvalue weighted by Gasteiger charge is -1.99. The van der Waals surface area contributed by atoms with E-state index in [1.165, 1.54) is 25.3 Å². The van der Waals surface area contributed by atoms with Gasteiger partial charge in [-0.2, -0.15) is 9.88 Å². The molecule has 0 bridgehead atoms. The van der Waals surface area contributed by atoms with E-state index in [-0.39, 0.29) is 5.56 Å². The smallest absolute Gasteiger partial charge is 0.293 e. The van der Waals surface area contributed by atoms with E-state index in [2.05, 4.69) is 14.8 Å². The van der Waals surface area contributed by atoms with Crippen LogP contribution < -0.4 is 0 Å². The Hall–Kier alpha value is -1.97. The van der Waals surface area contributed by atoms with Crippen LogP contribution in [0.25, 0.3) is 0 Å². The molecule has 0 heterocycles. The van der Waals surface area contributed by atoms with Gasteiger partial charge in [-0.3, -0.25) is 4.89 Å². The predicted octanol–water partition coefficient (Wildman–Crippen LogP) is 1.37. The summed E-state index contributed by atoms with van der Waals surface area (Å²) in [4.78, 5) is 32.9. The molecule has 0 fully saturated rings. The van der Waals surface area contributed by atoms with Crippen LogP contribution in [0.1, 0.15) is 10.4 Å². The minimum atomic E-state index is -0.643. The summed E-state index contributed by atoms with van der Waals surface area (Å²) in [7, 11) is 1.23. The van der Waals surface area contributed by atoms with Crippen molar-refractivity contribution in [2.24, 2.45) is 4.99 Å². The average Bonchev–Trinajstić information content (AvgIpc) is 2.19. The SMILES string of the molecule is COOC(=O)c1cccc(N=C=O)c1. The van der Waals surface area contributed by atoms with Crippen molar-refractivity contribution in [3.8, 4) is 0 Å². The molecule has 0 spiro atoms. The van der Waals surface area contributed by atoms with Crippen molar-refractivity contribution in [2.45, 2.75) is 0 Å². The van der Waals surface area contributed by atoms with Crippen LogP contribution in [0.15, 0.2) is 29.3 Å². The van der Waals surface area contributed by atoms with Gasteiger partial charge < -0.3 is 0 Å². The monoisotopic (exact) mass is 193 g/mol. The molecule has 0 radical (unpaired) electrons. The Balaban J connectivity index is 2.93. The number of benzene rings is 1. The topological polar surface area (TPSA) is 65.0 Å². The highest BCUT2D eigenvalue weighted by Crippen LogP contribution is 2.13. The summed E-state index contributed by atoms with van der Waals surface area (Å²) in [6.45, 7) is 0. The molecule has 1 aromatic carbocycles. The molecule has 0 atom stereocenters. The summed E-state index contributed by atoms with van der Waals surface area (Å²) in [5.74, 6) is -0.643. The molecule has 0 saturated heterocycles. The molecule has 0 N–H and O–H groups in total. The van der Waals surface area contributed by atoms with Gasteiger partial charge in [-0.15, -0.1) is 0 Å². The first-order chi connectivity index (χ1) is 6.77. The summed E-state index contributed by atoms with van der Waals surface area (Å²) in [6.07, 6.45) is 1.37. The van der Waals surface area contributed by atoms with Crippen LogP contribution >= 0.6 is 0 Å². The molecule has 0 aliphatic heterocycles. The maximum Gasteiger partial charge on any atom is 0.373 e. The Morgan fingerprint density at radius 1 is 1.50 bits per heavy atom. The van der Waals surface area contributed by atoms with Crippen LogP contribution in [0.2, 0.25) is 0 Å². The molecule has 0 aromatic heterocycles. The van der Waals surface area contributed by atoms with Gasteiger partial charge in [0.1, 0.15) is 0 Å². The van der Waals surface area contributed by atoms with Crippen LogP contribution in [0, 0.1) is 0 Å². The minimum Gasteiger partial charge on any atom is -0.293 e. The van der Waals surface area contributed by atoms with Crippen molar-refractivity contribution in [3.05, 3.63) is 29.8 Å². The largest absolute Gasteiger partial charge is 0.373 e. The molecule has 72 valence electrons. The highest BCUT2D eigenvalue weighted by molar-refractivity contribution is 5.89. The number of hydrogen-bond donors (Lipinski definition) is 0. The van der Waals surface area contributed by atoms with Crippen molar-refractivity contribution < 1.29 is 19.4 Å². The lowest BCUT2D eigenvalue weighted by Crippen LogP contribution is -2.03. The van der Waals surface area contributed by atoms with Crippen LogP contribution in [0.5, 0.6) is 0 Å². The molecular formula is C9H7NO4. The fourth-order valence-electron chi connectivity index (χ4n) is 0.879. The van der Waals surface area contributed by atoms with Gasteiger partial charge in [0, 0.05) is 0 Å². The zero-order valence-corrected chi connectivity index (χ0v) is 7.39. The van der Waals surface area contributed by atoms with E-state index in [4.69, 9.17) is 0 Å². The molecule has 0 aliphatic carbocycles. The van der Waals surface area contributed by atoms with Crippen molar-refractivity contribution in [2.75, 3.05) is 7.11 Å². The minimum absolute atomic E-state index is 0.253. The summed E-state index contributed by atoms with van der Waals surface area (Å²) in [6, 6.07) is 6.05. The summed E-state index contributed by atoms with van der Waals surface area (Å²) in [5, 5.41) is 0. The maximum atomic E-state index is 11.1. The zero-order chi connectivity index (χ0) is 10.4. The first kappa shape index (κ1) is 10.1.